The van der Waals surface area contributed by atoms with Crippen molar-refractivity contribution in [3.05, 3.63) is 95.1 Å². The molecule has 0 amide bonds. The van der Waals surface area contributed by atoms with Gasteiger partial charge in [-0.15, -0.1) is 0 Å². The maximum absolute atomic E-state index is 7.52. The van der Waals surface area contributed by atoms with E-state index in [4.69, 9.17) is 27.0 Å². The van der Waals surface area contributed by atoms with E-state index in [9.17, 15) is 0 Å². The number of ether oxygens (including phenoxy) is 1. The van der Waals surface area contributed by atoms with Crippen LogP contribution in [0.4, 0.5) is 0 Å². The molecule has 0 aliphatic rings. The third kappa shape index (κ3) is 4.59. The number of nitrogen functional groups attached to an aromatic ring is 2. The van der Waals surface area contributed by atoms with Crippen molar-refractivity contribution in [2.75, 3.05) is 0 Å². The van der Waals surface area contributed by atoms with Gasteiger partial charge >= 0.3 is 0 Å². The molecule has 0 heterocycles. The van der Waals surface area contributed by atoms with Gasteiger partial charge in [-0.2, -0.15) is 0 Å². The first-order valence-electron chi connectivity index (χ1n) is 8.58. The Morgan fingerprint density at radius 3 is 2.15 bits per heavy atom. The van der Waals surface area contributed by atoms with E-state index in [1.165, 1.54) is 0 Å². The van der Waals surface area contributed by atoms with Crippen LogP contribution in [0.1, 0.15) is 22.3 Å². The Kier molecular flexibility index (Phi) is 5.64. The van der Waals surface area contributed by atoms with Gasteiger partial charge in [0.15, 0.2) is 0 Å². The quantitative estimate of drug-likeness (QED) is 0.382. The molecule has 3 aromatic carbocycles. The smallest absolute Gasteiger partial charge is 0.122 e. The van der Waals surface area contributed by atoms with Crippen LogP contribution < -0.4 is 11.5 Å². The highest BCUT2D eigenvalue weighted by atomic mass is 16.5. The lowest BCUT2D eigenvalue weighted by Crippen LogP contribution is -2.11. The summed E-state index contributed by atoms with van der Waals surface area (Å²) in [7, 11) is 0. The zero-order valence-corrected chi connectivity index (χ0v) is 14.9. The second-order valence-corrected chi connectivity index (χ2v) is 6.26. The fourth-order valence-corrected chi connectivity index (χ4v) is 2.86. The molecule has 0 fully saturated rings. The Morgan fingerprint density at radius 1 is 0.741 bits per heavy atom. The van der Waals surface area contributed by atoms with Crippen LogP contribution in [0.3, 0.4) is 0 Å². The Balaban J connectivity index is 1.72. The third-order valence-corrected chi connectivity index (χ3v) is 4.29. The van der Waals surface area contributed by atoms with Crippen LogP contribution >= 0.6 is 0 Å². The average Bonchev–Trinajstić information content (AvgIpc) is 2.69. The van der Waals surface area contributed by atoms with Crippen LogP contribution in [0.15, 0.2) is 72.8 Å². The highest BCUT2D eigenvalue weighted by molar-refractivity contribution is 5.95. The van der Waals surface area contributed by atoms with E-state index in [1.807, 2.05) is 66.7 Å². The van der Waals surface area contributed by atoms with E-state index in [2.05, 4.69) is 6.07 Å². The zero-order valence-electron chi connectivity index (χ0n) is 14.9. The van der Waals surface area contributed by atoms with Crippen molar-refractivity contribution < 1.29 is 4.74 Å². The molecule has 0 aliphatic heterocycles. The normalized spacial score (nSPS) is 10.5. The lowest BCUT2D eigenvalue weighted by Gasteiger charge is -2.11. The second-order valence-electron chi connectivity index (χ2n) is 6.26. The molecule has 27 heavy (non-hydrogen) atoms. The van der Waals surface area contributed by atoms with Crippen LogP contribution in [0, 0.1) is 10.8 Å². The van der Waals surface area contributed by atoms with Crippen molar-refractivity contribution in [2.24, 2.45) is 11.5 Å². The summed E-state index contributed by atoms with van der Waals surface area (Å²) < 4.78 is 5.90. The first kappa shape index (κ1) is 18.4. The number of nitrogens with two attached hydrogens (primary N) is 2. The number of hydrogen-bond donors (Lipinski definition) is 4. The Labute approximate surface area is 158 Å². The molecule has 0 saturated heterocycles. The summed E-state index contributed by atoms with van der Waals surface area (Å²) in [6.45, 7) is 0.910. The van der Waals surface area contributed by atoms with E-state index in [1.54, 1.807) is 0 Å². The Hall–Kier alpha value is -3.44. The monoisotopic (exact) mass is 358 g/mol. The summed E-state index contributed by atoms with van der Waals surface area (Å²) in [5.74, 6) is 0.113. The highest BCUT2D eigenvalue weighted by Gasteiger charge is 2.06. The summed E-state index contributed by atoms with van der Waals surface area (Å²) in [6.07, 6.45) is 0. The van der Waals surface area contributed by atoms with Crippen molar-refractivity contribution in [1.29, 1.82) is 10.8 Å². The molecule has 0 bridgehead atoms. The van der Waals surface area contributed by atoms with E-state index < -0.39 is 0 Å². The molecule has 0 aromatic heterocycles. The minimum atomic E-state index is 0.0520. The van der Waals surface area contributed by atoms with Gasteiger partial charge < -0.3 is 16.2 Å². The van der Waals surface area contributed by atoms with E-state index >= 15 is 0 Å². The SMILES string of the molecule is N=C(N)c1ccc(-c2ccccc2COCc2cccc(C(=N)N)c2)cc1. The van der Waals surface area contributed by atoms with Gasteiger partial charge in [-0.1, -0.05) is 66.7 Å². The lowest BCUT2D eigenvalue weighted by molar-refractivity contribution is 0.107. The summed E-state index contributed by atoms with van der Waals surface area (Å²) in [5, 5.41) is 15.0. The minimum absolute atomic E-state index is 0.0520. The molecule has 0 atom stereocenters. The van der Waals surface area contributed by atoms with Crippen LogP contribution in [-0.2, 0) is 18.0 Å². The predicted molar refractivity (Wildman–Crippen MR) is 109 cm³/mol. The van der Waals surface area contributed by atoms with Crippen LogP contribution in [-0.4, -0.2) is 11.7 Å². The van der Waals surface area contributed by atoms with Gasteiger partial charge in [0.05, 0.1) is 13.2 Å². The zero-order chi connectivity index (χ0) is 19.2. The molecular formula is C22H22N4O. The van der Waals surface area contributed by atoms with Gasteiger partial charge in [0.1, 0.15) is 11.7 Å². The maximum atomic E-state index is 7.52. The molecule has 136 valence electrons. The van der Waals surface area contributed by atoms with Gasteiger partial charge in [0, 0.05) is 11.1 Å². The molecule has 0 unspecified atom stereocenters. The van der Waals surface area contributed by atoms with Gasteiger partial charge in [0.2, 0.25) is 0 Å². The molecule has 6 N–H and O–H groups in total. The molecule has 5 heteroatoms. The summed E-state index contributed by atoms with van der Waals surface area (Å²) in [4.78, 5) is 0. The standard InChI is InChI=1S/C22H22N4O/c23-21(24)17-10-8-16(9-11-17)20-7-2-1-5-19(20)14-27-13-15-4-3-6-18(12-15)22(25)26/h1-12H,13-14H2,(H3,23,24)(H3,25,26). The molecule has 0 aliphatic carbocycles. The van der Waals surface area contributed by atoms with Gasteiger partial charge in [-0.25, -0.2) is 0 Å². The molecule has 0 radical (unpaired) electrons. The predicted octanol–water partition coefficient (Wildman–Crippen LogP) is 3.64. The van der Waals surface area contributed by atoms with Crippen LogP contribution in [0.2, 0.25) is 0 Å². The molecule has 0 spiro atoms. The van der Waals surface area contributed by atoms with Crippen molar-refractivity contribution in [2.45, 2.75) is 13.2 Å². The highest BCUT2D eigenvalue weighted by Crippen LogP contribution is 2.25. The summed E-state index contributed by atoms with van der Waals surface area (Å²) in [6, 6.07) is 23.2. The Bertz CT molecular complexity index is 964. The van der Waals surface area contributed by atoms with Crippen LogP contribution in [0.5, 0.6) is 0 Å². The van der Waals surface area contributed by atoms with E-state index in [0.29, 0.717) is 24.3 Å². The van der Waals surface area contributed by atoms with Crippen molar-refractivity contribution in [3.8, 4) is 11.1 Å². The first-order chi connectivity index (χ1) is 13.0. The van der Waals surface area contributed by atoms with Gasteiger partial charge in [-0.05, 0) is 28.3 Å². The maximum Gasteiger partial charge on any atom is 0.122 e. The number of nitrogens with one attached hydrogen (secondary N) is 2. The van der Waals surface area contributed by atoms with E-state index in [0.717, 1.165) is 22.3 Å². The Morgan fingerprint density at radius 2 is 1.44 bits per heavy atom. The minimum Gasteiger partial charge on any atom is -0.384 e. The van der Waals surface area contributed by atoms with Gasteiger partial charge in [-0.3, -0.25) is 10.8 Å². The van der Waals surface area contributed by atoms with E-state index in [-0.39, 0.29) is 11.7 Å². The van der Waals surface area contributed by atoms with Crippen molar-refractivity contribution in [3.63, 3.8) is 0 Å². The molecular weight excluding hydrogens is 336 g/mol. The fraction of sp³-hybridized carbons (Fsp3) is 0.0909. The number of rotatable bonds is 7. The molecule has 3 aromatic rings. The second kappa shape index (κ2) is 8.29. The largest absolute Gasteiger partial charge is 0.384 e. The summed E-state index contributed by atoms with van der Waals surface area (Å²) in [5.41, 5.74) is 16.7. The average molecular weight is 358 g/mol. The fourth-order valence-electron chi connectivity index (χ4n) is 2.86. The summed E-state index contributed by atoms with van der Waals surface area (Å²) >= 11 is 0. The molecule has 0 saturated carbocycles. The first-order valence-corrected chi connectivity index (χ1v) is 8.58. The lowest BCUT2D eigenvalue weighted by atomic mass is 9.99. The molecule has 3 rings (SSSR count). The van der Waals surface area contributed by atoms with Crippen molar-refractivity contribution in [1.82, 2.24) is 0 Å². The molecule has 5 nitrogen and oxygen atoms in total. The topological polar surface area (TPSA) is 109 Å². The van der Waals surface area contributed by atoms with Crippen molar-refractivity contribution >= 4 is 11.7 Å². The van der Waals surface area contributed by atoms with Gasteiger partial charge in [0.25, 0.3) is 0 Å². The number of benzene rings is 3. The number of amidine groups is 2. The third-order valence-electron chi connectivity index (χ3n) is 4.29. The number of hydrogen-bond acceptors (Lipinski definition) is 3. The van der Waals surface area contributed by atoms with Crippen LogP contribution in [0.25, 0.3) is 11.1 Å².